The zero-order valence-electron chi connectivity index (χ0n) is 10.5. The van der Waals surface area contributed by atoms with Gasteiger partial charge in [0, 0.05) is 25.6 Å². The van der Waals surface area contributed by atoms with Gasteiger partial charge in [0.05, 0.1) is 0 Å². The van der Waals surface area contributed by atoms with Crippen molar-refractivity contribution < 1.29 is 9.63 Å². The van der Waals surface area contributed by atoms with Gasteiger partial charge in [0.25, 0.3) is 5.89 Å². The molecule has 1 atom stereocenters. The summed E-state index contributed by atoms with van der Waals surface area (Å²) in [6, 6.07) is 0.622. The van der Waals surface area contributed by atoms with Crippen LogP contribution in [0.4, 0.5) is 0 Å². The third kappa shape index (κ3) is 2.55. The molecule has 4 heterocycles. The number of hydrogen-bond acceptors (Lipinski definition) is 6. The van der Waals surface area contributed by atoms with E-state index >= 15 is 0 Å². The Morgan fingerprint density at radius 1 is 1.39 bits per heavy atom. The van der Waals surface area contributed by atoms with Crippen LogP contribution in [0.2, 0.25) is 0 Å². The van der Waals surface area contributed by atoms with Gasteiger partial charge in [0.2, 0.25) is 0 Å². The molecule has 3 saturated heterocycles. The third-order valence-electron chi connectivity index (χ3n) is 4.06. The number of hydrogen-bond donors (Lipinski definition) is 2. The van der Waals surface area contributed by atoms with Crippen LogP contribution in [0.1, 0.15) is 24.6 Å². The Morgan fingerprint density at radius 3 is 2.83 bits per heavy atom. The second-order valence-electron chi connectivity index (χ2n) is 5.21. The van der Waals surface area contributed by atoms with Crippen molar-refractivity contribution in [3.63, 3.8) is 0 Å². The van der Waals surface area contributed by atoms with Crippen molar-refractivity contribution in [2.24, 2.45) is 5.92 Å². The van der Waals surface area contributed by atoms with Gasteiger partial charge in [-0.2, -0.15) is 4.98 Å². The van der Waals surface area contributed by atoms with Crippen molar-refractivity contribution in [3.8, 4) is 0 Å². The van der Waals surface area contributed by atoms with E-state index in [-0.39, 0.29) is 6.61 Å². The fourth-order valence-electron chi connectivity index (χ4n) is 3.02. The van der Waals surface area contributed by atoms with E-state index in [2.05, 4.69) is 20.4 Å². The molecule has 18 heavy (non-hydrogen) atoms. The van der Waals surface area contributed by atoms with Crippen molar-refractivity contribution in [2.45, 2.75) is 31.9 Å². The molecule has 1 aromatic rings. The highest BCUT2D eigenvalue weighted by Crippen LogP contribution is 2.27. The molecule has 3 fully saturated rings. The topological polar surface area (TPSA) is 74.4 Å². The van der Waals surface area contributed by atoms with Crippen LogP contribution in [0.5, 0.6) is 0 Å². The number of aliphatic hydroxyl groups is 1. The molecule has 6 heteroatoms. The minimum absolute atomic E-state index is 0.180. The lowest BCUT2D eigenvalue weighted by atomic mass is 9.84. The average molecular weight is 252 g/mol. The maximum atomic E-state index is 8.83. The molecule has 3 aliphatic rings. The van der Waals surface area contributed by atoms with E-state index in [9.17, 15) is 0 Å². The number of rotatable bonds is 5. The van der Waals surface area contributed by atoms with E-state index in [1.807, 2.05) is 0 Å². The summed E-state index contributed by atoms with van der Waals surface area (Å²) in [6.45, 7) is 4.42. The van der Waals surface area contributed by atoms with Crippen LogP contribution in [0.15, 0.2) is 4.52 Å². The number of fused-ring (bicyclic) bond motifs is 3. The number of nitrogens with one attached hydrogen (secondary N) is 1. The largest absolute Gasteiger partial charge is 0.387 e. The van der Waals surface area contributed by atoms with Gasteiger partial charge >= 0.3 is 0 Å². The van der Waals surface area contributed by atoms with Crippen LogP contribution in [0, 0.1) is 5.92 Å². The lowest BCUT2D eigenvalue weighted by molar-refractivity contribution is 0.0730. The Labute approximate surface area is 106 Å². The normalized spacial score (nSPS) is 30.8. The van der Waals surface area contributed by atoms with Crippen LogP contribution in [0.25, 0.3) is 0 Å². The molecule has 2 N–H and O–H groups in total. The van der Waals surface area contributed by atoms with Gasteiger partial charge in [-0.3, -0.25) is 0 Å². The molecule has 0 aliphatic carbocycles. The molecule has 0 aromatic carbocycles. The first-order valence-corrected chi connectivity index (χ1v) is 6.73. The van der Waals surface area contributed by atoms with Gasteiger partial charge in [-0.05, 0) is 31.8 Å². The van der Waals surface area contributed by atoms with E-state index in [1.54, 1.807) is 0 Å². The lowest BCUT2D eigenvalue weighted by Crippen LogP contribution is -2.56. The molecule has 0 saturated carbocycles. The molecule has 100 valence electrons. The monoisotopic (exact) mass is 252 g/mol. The summed E-state index contributed by atoms with van der Waals surface area (Å²) in [4.78, 5) is 6.62. The lowest BCUT2D eigenvalue weighted by Gasteiger charge is -2.45. The summed E-state index contributed by atoms with van der Waals surface area (Å²) in [5.41, 5.74) is 0. The molecule has 1 aromatic heterocycles. The van der Waals surface area contributed by atoms with Gasteiger partial charge < -0.3 is 19.8 Å². The van der Waals surface area contributed by atoms with Crippen molar-refractivity contribution in [3.05, 3.63) is 11.7 Å². The number of piperidine rings is 3. The van der Waals surface area contributed by atoms with Crippen molar-refractivity contribution in [1.82, 2.24) is 20.4 Å². The van der Waals surface area contributed by atoms with Crippen LogP contribution < -0.4 is 5.32 Å². The number of aromatic nitrogens is 2. The van der Waals surface area contributed by atoms with Crippen LogP contribution in [-0.4, -0.2) is 52.4 Å². The van der Waals surface area contributed by atoms with Crippen molar-refractivity contribution in [2.75, 3.05) is 26.2 Å². The molecule has 0 spiro atoms. The smallest absolute Gasteiger partial charge is 0.252 e. The predicted molar refractivity (Wildman–Crippen MR) is 64.9 cm³/mol. The zero-order chi connectivity index (χ0) is 12.4. The molecule has 2 bridgehead atoms. The summed E-state index contributed by atoms with van der Waals surface area (Å²) >= 11 is 0. The van der Waals surface area contributed by atoms with E-state index in [1.165, 1.54) is 32.5 Å². The first kappa shape index (κ1) is 12.1. The second kappa shape index (κ2) is 5.34. The molecular formula is C12H20N4O2. The maximum absolute atomic E-state index is 8.83. The molecule has 6 nitrogen and oxygen atoms in total. The fourth-order valence-corrected chi connectivity index (χ4v) is 3.02. The number of aliphatic hydroxyl groups excluding tert-OH is 1. The van der Waals surface area contributed by atoms with Gasteiger partial charge in [0.1, 0.15) is 6.61 Å². The summed E-state index contributed by atoms with van der Waals surface area (Å²) in [5, 5.41) is 16.3. The predicted octanol–water partition coefficient (Wildman–Crippen LogP) is -0.212. The van der Waals surface area contributed by atoms with Gasteiger partial charge in [-0.1, -0.05) is 5.16 Å². The Hall–Kier alpha value is -0.980. The Kier molecular flexibility index (Phi) is 3.58. The molecule has 1 unspecified atom stereocenters. The van der Waals surface area contributed by atoms with Crippen molar-refractivity contribution in [1.29, 1.82) is 0 Å². The van der Waals surface area contributed by atoms with E-state index in [4.69, 9.17) is 9.63 Å². The quantitative estimate of drug-likeness (QED) is 0.755. The standard InChI is InChI=1S/C12H20N4O2/c17-8-12-14-11(15-18-12)1-4-13-10-7-16-5-2-9(10)3-6-16/h9-10,13,17H,1-8H2. The third-order valence-corrected chi connectivity index (χ3v) is 4.06. The van der Waals surface area contributed by atoms with E-state index in [0.717, 1.165) is 18.9 Å². The van der Waals surface area contributed by atoms with Gasteiger partial charge in [-0.25, -0.2) is 0 Å². The maximum Gasteiger partial charge on any atom is 0.252 e. The molecular weight excluding hydrogens is 232 g/mol. The SMILES string of the molecule is OCc1nc(CCNC2CN3CCC2CC3)no1. The number of nitrogens with zero attached hydrogens (tertiary/aromatic N) is 3. The average Bonchev–Trinajstić information content (AvgIpc) is 2.88. The fraction of sp³-hybridized carbons (Fsp3) is 0.833. The van der Waals surface area contributed by atoms with E-state index < -0.39 is 0 Å². The molecule has 0 amide bonds. The first-order valence-electron chi connectivity index (χ1n) is 6.73. The summed E-state index contributed by atoms with van der Waals surface area (Å²) in [5.74, 6) is 1.81. The van der Waals surface area contributed by atoms with Crippen LogP contribution in [0.3, 0.4) is 0 Å². The molecule has 0 radical (unpaired) electrons. The van der Waals surface area contributed by atoms with Crippen molar-refractivity contribution >= 4 is 0 Å². The summed E-state index contributed by atoms with van der Waals surface area (Å²) < 4.78 is 4.86. The Balaban J connectivity index is 1.44. The summed E-state index contributed by atoms with van der Waals surface area (Å²) in [6.07, 6.45) is 3.41. The first-order chi connectivity index (χ1) is 8.85. The van der Waals surface area contributed by atoms with Gasteiger partial charge in [0.15, 0.2) is 5.82 Å². The zero-order valence-corrected chi connectivity index (χ0v) is 10.5. The van der Waals surface area contributed by atoms with Crippen LogP contribution >= 0.6 is 0 Å². The summed E-state index contributed by atoms with van der Waals surface area (Å²) in [7, 11) is 0. The highest BCUT2D eigenvalue weighted by molar-refractivity contribution is 4.92. The molecule has 3 aliphatic heterocycles. The Bertz CT molecular complexity index is 387. The highest BCUT2D eigenvalue weighted by Gasteiger charge is 2.33. The van der Waals surface area contributed by atoms with Crippen LogP contribution in [-0.2, 0) is 13.0 Å². The van der Waals surface area contributed by atoms with Gasteiger partial charge in [-0.15, -0.1) is 0 Å². The highest BCUT2D eigenvalue weighted by atomic mass is 16.5. The Morgan fingerprint density at radius 2 is 2.22 bits per heavy atom. The second-order valence-corrected chi connectivity index (χ2v) is 5.21. The molecule has 4 rings (SSSR count). The van der Waals surface area contributed by atoms with E-state index in [0.29, 0.717) is 17.8 Å². The minimum Gasteiger partial charge on any atom is -0.387 e. The minimum atomic E-state index is -0.180.